The molecule has 2 aromatic heterocycles. The van der Waals surface area contributed by atoms with E-state index in [9.17, 15) is 4.79 Å². The average Bonchev–Trinajstić information content (AvgIpc) is 2.90. The van der Waals surface area contributed by atoms with E-state index in [-0.39, 0.29) is 5.56 Å². The Morgan fingerprint density at radius 1 is 1.36 bits per heavy atom. The second-order valence-corrected chi connectivity index (χ2v) is 7.09. The zero-order valence-electron chi connectivity index (χ0n) is 15.6. The van der Waals surface area contributed by atoms with Crippen molar-refractivity contribution >= 4 is 34.4 Å². The Balaban J connectivity index is 2.27. The lowest BCUT2D eigenvalue weighted by Crippen LogP contribution is -2.20. The van der Waals surface area contributed by atoms with E-state index in [0.717, 1.165) is 16.8 Å². The monoisotopic (exact) mass is 414 g/mol. The summed E-state index contributed by atoms with van der Waals surface area (Å²) in [6, 6.07) is 7.00. The fraction of sp³-hybridized carbons (Fsp3) is 0.143. The highest BCUT2D eigenvalue weighted by Crippen LogP contribution is 2.29. The van der Waals surface area contributed by atoms with Crippen LogP contribution in [0.15, 0.2) is 60.1 Å². The Hall–Kier alpha value is -2.76. The van der Waals surface area contributed by atoms with Gasteiger partial charge >= 0.3 is 0 Å². The summed E-state index contributed by atoms with van der Waals surface area (Å²) in [7, 11) is 1.83. The van der Waals surface area contributed by atoms with Gasteiger partial charge in [-0.3, -0.25) is 9.48 Å². The number of rotatable bonds is 5. The first-order valence-electron chi connectivity index (χ1n) is 8.61. The largest absolute Gasteiger partial charge is 0.405 e. The quantitative estimate of drug-likeness (QED) is 0.633. The van der Waals surface area contributed by atoms with Gasteiger partial charge in [0.15, 0.2) is 5.65 Å². The summed E-state index contributed by atoms with van der Waals surface area (Å²) in [6.07, 6.45) is 6.97. The summed E-state index contributed by atoms with van der Waals surface area (Å²) >= 11 is 12.5. The van der Waals surface area contributed by atoms with Gasteiger partial charge in [0.1, 0.15) is 0 Å². The highest BCUT2D eigenvalue weighted by atomic mass is 35.5. The van der Waals surface area contributed by atoms with Crippen molar-refractivity contribution in [2.45, 2.75) is 13.3 Å². The number of allylic oxidation sites excluding steroid dienone is 4. The Morgan fingerprint density at radius 2 is 2.11 bits per heavy atom. The van der Waals surface area contributed by atoms with E-state index in [4.69, 9.17) is 33.9 Å². The number of nitrogens with two attached hydrogens (primary N) is 1. The number of hydrogen-bond acceptors (Lipinski definition) is 3. The molecule has 3 rings (SSSR count). The molecule has 0 fully saturated rings. The maximum atomic E-state index is 12.8. The molecule has 0 bridgehead atoms. The molecule has 28 heavy (non-hydrogen) atoms. The van der Waals surface area contributed by atoms with Gasteiger partial charge in [-0.1, -0.05) is 54.1 Å². The Bertz CT molecular complexity index is 1190. The van der Waals surface area contributed by atoms with Crippen LogP contribution >= 0.6 is 23.2 Å². The topological polar surface area (TPSA) is 65.3 Å². The lowest BCUT2D eigenvalue weighted by Gasteiger charge is -2.06. The molecule has 5 nitrogen and oxygen atoms in total. The van der Waals surface area contributed by atoms with Crippen LogP contribution in [-0.4, -0.2) is 14.2 Å². The molecule has 0 amide bonds. The van der Waals surface area contributed by atoms with Crippen molar-refractivity contribution in [3.8, 4) is 0 Å². The van der Waals surface area contributed by atoms with E-state index >= 15 is 0 Å². The Morgan fingerprint density at radius 3 is 2.79 bits per heavy atom. The second-order valence-electron chi connectivity index (χ2n) is 6.31. The summed E-state index contributed by atoms with van der Waals surface area (Å²) in [5.74, 6) is 0. The number of aromatic nitrogens is 3. The van der Waals surface area contributed by atoms with E-state index in [0.29, 0.717) is 33.4 Å². The molecule has 0 saturated carbocycles. The summed E-state index contributed by atoms with van der Waals surface area (Å²) < 4.78 is 3.34. The van der Waals surface area contributed by atoms with Crippen LogP contribution in [0.1, 0.15) is 22.5 Å². The van der Waals surface area contributed by atoms with E-state index in [2.05, 4.69) is 6.58 Å². The Kier molecular flexibility index (Phi) is 5.77. The number of fused-ring (bicyclic) bond motifs is 1. The van der Waals surface area contributed by atoms with E-state index in [1.54, 1.807) is 33.5 Å². The minimum atomic E-state index is -0.186. The summed E-state index contributed by atoms with van der Waals surface area (Å²) in [5.41, 5.74) is 9.84. The second kappa shape index (κ2) is 8.09. The molecule has 0 radical (unpaired) electrons. The third-order valence-electron chi connectivity index (χ3n) is 4.66. The van der Waals surface area contributed by atoms with Gasteiger partial charge in [-0.2, -0.15) is 4.52 Å². The molecule has 0 aliphatic carbocycles. The van der Waals surface area contributed by atoms with Crippen molar-refractivity contribution < 1.29 is 0 Å². The minimum absolute atomic E-state index is 0.186. The SMILES string of the molecule is C=C/C=C(\C=C/N)c1cc(=O)n2c(n1)c(Cc1cccc(Cl)c1Cl)c(C)n2C. The molecule has 0 unspecified atom stereocenters. The van der Waals surface area contributed by atoms with Gasteiger partial charge in [-0.25, -0.2) is 4.98 Å². The van der Waals surface area contributed by atoms with Crippen molar-refractivity contribution in [1.29, 1.82) is 0 Å². The predicted octanol–water partition coefficient (Wildman–Crippen LogP) is 4.28. The molecule has 0 atom stereocenters. The zero-order chi connectivity index (χ0) is 20.4. The third-order valence-corrected chi connectivity index (χ3v) is 5.51. The highest BCUT2D eigenvalue weighted by Gasteiger charge is 2.18. The first-order chi connectivity index (χ1) is 13.4. The van der Waals surface area contributed by atoms with Crippen LogP contribution in [0, 0.1) is 6.92 Å². The lowest BCUT2D eigenvalue weighted by molar-refractivity contribution is 0.659. The zero-order valence-corrected chi connectivity index (χ0v) is 17.1. The molecule has 0 aliphatic heterocycles. The van der Waals surface area contributed by atoms with Crippen molar-refractivity contribution in [2.24, 2.45) is 12.8 Å². The van der Waals surface area contributed by atoms with Gasteiger partial charge in [0.05, 0.1) is 15.7 Å². The average molecular weight is 415 g/mol. The van der Waals surface area contributed by atoms with Gasteiger partial charge in [-0.15, -0.1) is 0 Å². The van der Waals surface area contributed by atoms with Crippen molar-refractivity contribution in [3.05, 3.63) is 98.2 Å². The fourth-order valence-corrected chi connectivity index (χ4v) is 3.54. The van der Waals surface area contributed by atoms with Crippen LogP contribution in [0.4, 0.5) is 0 Å². The normalized spacial score (nSPS) is 12.2. The number of nitrogens with zero attached hydrogens (tertiary/aromatic N) is 3. The molecule has 0 saturated heterocycles. The smallest absolute Gasteiger partial charge is 0.273 e. The summed E-state index contributed by atoms with van der Waals surface area (Å²) in [6.45, 7) is 5.66. The van der Waals surface area contributed by atoms with E-state index in [1.807, 2.05) is 26.1 Å². The predicted molar refractivity (Wildman–Crippen MR) is 116 cm³/mol. The number of benzene rings is 1. The van der Waals surface area contributed by atoms with E-state index in [1.165, 1.54) is 12.3 Å². The van der Waals surface area contributed by atoms with Crippen molar-refractivity contribution in [1.82, 2.24) is 14.2 Å². The fourth-order valence-electron chi connectivity index (χ4n) is 3.16. The Labute approximate surface area is 173 Å². The lowest BCUT2D eigenvalue weighted by atomic mass is 10.0. The molecule has 2 heterocycles. The molecular weight excluding hydrogens is 395 g/mol. The first-order valence-corrected chi connectivity index (χ1v) is 9.37. The van der Waals surface area contributed by atoms with E-state index < -0.39 is 0 Å². The first kappa shape index (κ1) is 20.0. The highest BCUT2D eigenvalue weighted by molar-refractivity contribution is 6.42. The summed E-state index contributed by atoms with van der Waals surface area (Å²) in [4.78, 5) is 17.6. The van der Waals surface area contributed by atoms with Crippen molar-refractivity contribution in [3.63, 3.8) is 0 Å². The maximum Gasteiger partial charge on any atom is 0.273 e. The summed E-state index contributed by atoms with van der Waals surface area (Å²) in [5, 5.41) is 0.995. The standard InChI is InChI=1S/C21H20Cl2N4O/c1-4-6-14(9-10-24)18-12-19(28)27-21(25-18)16(13(2)26(27)3)11-15-7-5-8-17(22)20(15)23/h4-10,12H,1,11,24H2,2-3H3/b10-9-,14-6+. The number of hydrogen-bond donors (Lipinski definition) is 1. The van der Waals surface area contributed by atoms with Gasteiger partial charge in [0.2, 0.25) is 0 Å². The van der Waals surface area contributed by atoms with Crippen LogP contribution in [0.5, 0.6) is 0 Å². The molecule has 144 valence electrons. The van der Waals surface area contributed by atoms with Crippen molar-refractivity contribution in [2.75, 3.05) is 0 Å². The third kappa shape index (κ3) is 3.51. The molecular formula is C21H20Cl2N4O. The maximum absolute atomic E-state index is 12.8. The minimum Gasteiger partial charge on any atom is -0.405 e. The van der Waals surface area contributed by atoms with Crippen LogP contribution in [0.25, 0.3) is 11.2 Å². The number of aryl methyl sites for hydroxylation is 1. The number of halogens is 2. The molecule has 2 N–H and O–H groups in total. The molecule has 1 aromatic carbocycles. The van der Waals surface area contributed by atoms with Crippen LogP contribution in [0.2, 0.25) is 10.0 Å². The van der Waals surface area contributed by atoms with Gasteiger partial charge < -0.3 is 5.73 Å². The molecule has 0 aliphatic rings. The van der Waals surface area contributed by atoms with Crippen LogP contribution < -0.4 is 11.3 Å². The molecule has 0 spiro atoms. The molecule has 3 aromatic rings. The van der Waals surface area contributed by atoms with Gasteiger partial charge in [-0.05, 0) is 30.8 Å². The van der Waals surface area contributed by atoms with Crippen LogP contribution in [0.3, 0.4) is 0 Å². The van der Waals surface area contributed by atoms with Gasteiger partial charge in [0, 0.05) is 36.4 Å². The molecule has 7 heteroatoms. The van der Waals surface area contributed by atoms with Crippen LogP contribution in [-0.2, 0) is 13.5 Å². The van der Waals surface area contributed by atoms with Gasteiger partial charge in [0.25, 0.3) is 5.56 Å².